The quantitative estimate of drug-likeness (QED) is 0.722. The molecule has 0 saturated carbocycles. The van der Waals surface area contributed by atoms with Crippen molar-refractivity contribution < 1.29 is 8.78 Å². The number of alkyl halides is 1. The topological polar surface area (TPSA) is 0 Å². The summed E-state index contributed by atoms with van der Waals surface area (Å²) in [6, 6.07) is 3.70. The van der Waals surface area contributed by atoms with Crippen molar-refractivity contribution in [2.24, 2.45) is 5.92 Å². The molecule has 3 heteroatoms. The molecule has 0 fully saturated rings. The SMILES string of the molecule is CCC(CBr)Cc1cc(F)cc(F)c1. The van der Waals surface area contributed by atoms with Crippen molar-refractivity contribution in [2.75, 3.05) is 5.33 Å². The first kappa shape index (κ1) is 11.6. The van der Waals surface area contributed by atoms with Crippen LogP contribution in [-0.4, -0.2) is 5.33 Å². The molecule has 1 atom stereocenters. The lowest BCUT2D eigenvalue weighted by atomic mass is 9.99. The van der Waals surface area contributed by atoms with E-state index in [0.717, 1.165) is 29.8 Å². The Hall–Kier alpha value is -0.440. The van der Waals surface area contributed by atoms with E-state index < -0.39 is 11.6 Å². The Bertz CT molecular complexity index is 275. The molecule has 1 unspecified atom stereocenters. The molecule has 1 aromatic carbocycles. The Kier molecular flexibility index (Phi) is 4.52. The summed E-state index contributed by atoms with van der Waals surface area (Å²) in [6.45, 7) is 2.07. The third-order valence-electron chi connectivity index (χ3n) is 2.24. The summed E-state index contributed by atoms with van der Waals surface area (Å²) in [5.41, 5.74) is 0.730. The zero-order valence-electron chi connectivity index (χ0n) is 8.06. The van der Waals surface area contributed by atoms with E-state index in [1.165, 1.54) is 12.1 Å². The Balaban J connectivity index is 2.75. The van der Waals surface area contributed by atoms with Crippen molar-refractivity contribution in [1.29, 1.82) is 0 Å². The van der Waals surface area contributed by atoms with Crippen molar-refractivity contribution in [1.82, 2.24) is 0 Å². The van der Waals surface area contributed by atoms with Gasteiger partial charge in [0.2, 0.25) is 0 Å². The Morgan fingerprint density at radius 3 is 2.21 bits per heavy atom. The molecule has 0 aliphatic rings. The van der Waals surface area contributed by atoms with Crippen molar-refractivity contribution in [3.63, 3.8) is 0 Å². The van der Waals surface area contributed by atoms with Gasteiger partial charge in [-0.1, -0.05) is 29.3 Å². The second-order valence-corrected chi connectivity index (χ2v) is 4.06. The lowest BCUT2D eigenvalue weighted by Gasteiger charge is -2.11. The van der Waals surface area contributed by atoms with Crippen LogP contribution < -0.4 is 0 Å². The third-order valence-corrected chi connectivity index (χ3v) is 3.16. The van der Waals surface area contributed by atoms with Crippen LogP contribution in [0.25, 0.3) is 0 Å². The molecule has 14 heavy (non-hydrogen) atoms. The summed E-state index contributed by atoms with van der Waals surface area (Å²) in [4.78, 5) is 0. The van der Waals surface area contributed by atoms with Crippen LogP contribution in [0.5, 0.6) is 0 Å². The zero-order chi connectivity index (χ0) is 10.6. The number of rotatable bonds is 4. The fraction of sp³-hybridized carbons (Fsp3) is 0.455. The highest BCUT2D eigenvalue weighted by molar-refractivity contribution is 9.09. The van der Waals surface area contributed by atoms with Gasteiger partial charge < -0.3 is 0 Å². The molecule has 0 amide bonds. The molecular weight excluding hydrogens is 250 g/mol. The van der Waals surface area contributed by atoms with Gasteiger partial charge in [-0.25, -0.2) is 8.78 Å². The highest BCUT2D eigenvalue weighted by Gasteiger charge is 2.07. The van der Waals surface area contributed by atoms with Crippen LogP contribution in [0.4, 0.5) is 8.78 Å². The maximum Gasteiger partial charge on any atom is 0.126 e. The standard InChI is InChI=1S/C11H13BrF2/c1-2-8(7-12)3-9-4-10(13)6-11(14)5-9/h4-6,8H,2-3,7H2,1H3. The van der Waals surface area contributed by atoms with Crippen LogP contribution in [0, 0.1) is 17.6 Å². The number of benzene rings is 1. The number of halogens is 3. The fourth-order valence-electron chi connectivity index (χ4n) is 1.37. The molecule has 0 spiro atoms. The largest absolute Gasteiger partial charge is 0.207 e. The minimum atomic E-state index is -0.496. The molecule has 1 rings (SSSR count). The summed E-state index contributed by atoms with van der Waals surface area (Å²) < 4.78 is 25.7. The van der Waals surface area contributed by atoms with Crippen molar-refractivity contribution >= 4 is 15.9 Å². The predicted molar refractivity (Wildman–Crippen MR) is 57.6 cm³/mol. The van der Waals surface area contributed by atoms with Gasteiger partial charge in [0.25, 0.3) is 0 Å². The molecule has 0 N–H and O–H groups in total. The Labute approximate surface area is 91.5 Å². The molecule has 0 bridgehead atoms. The molecule has 0 aliphatic carbocycles. The van der Waals surface area contributed by atoms with Crippen LogP contribution in [0.2, 0.25) is 0 Å². The molecule has 0 aliphatic heterocycles. The minimum absolute atomic E-state index is 0.441. The van der Waals surface area contributed by atoms with Crippen molar-refractivity contribution in [3.8, 4) is 0 Å². The summed E-state index contributed by atoms with van der Waals surface area (Å²) in [5.74, 6) is -0.551. The van der Waals surface area contributed by atoms with E-state index in [1.54, 1.807) is 0 Å². The zero-order valence-corrected chi connectivity index (χ0v) is 9.65. The van der Waals surface area contributed by atoms with E-state index in [-0.39, 0.29) is 0 Å². The first-order chi connectivity index (χ1) is 6.65. The van der Waals surface area contributed by atoms with Crippen LogP contribution in [-0.2, 0) is 6.42 Å². The normalized spacial score (nSPS) is 12.9. The third kappa shape index (κ3) is 3.37. The van der Waals surface area contributed by atoms with E-state index >= 15 is 0 Å². The highest BCUT2D eigenvalue weighted by atomic mass is 79.9. The average Bonchev–Trinajstić information content (AvgIpc) is 2.12. The Morgan fingerprint density at radius 2 is 1.79 bits per heavy atom. The number of hydrogen-bond acceptors (Lipinski definition) is 0. The lowest BCUT2D eigenvalue weighted by Crippen LogP contribution is -2.05. The maximum atomic E-state index is 12.8. The Morgan fingerprint density at radius 1 is 1.21 bits per heavy atom. The average molecular weight is 263 g/mol. The fourth-order valence-corrected chi connectivity index (χ4v) is 2.06. The smallest absolute Gasteiger partial charge is 0.126 e. The van der Waals surface area contributed by atoms with E-state index in [4.69, 9.17) is 0 Å². The second kappa shape index (κ2) is 5.44. The predicted octanol–water partition coefficient (Wildman–Crippen LogP) is 3.93. The van der Waals surface area contributed by atoms with Crippen LogP contribution in [0.15, 0.2) is 18.2 Å². The second-order valence-electron chi connectivity index (χ2n) is 3.41. The molecule has 0 nitrogen and oxygen atoms in total. The van der Waals surface area contributed by atoms with E-state index in [1.807, 2.05) is 0 Å². The van der Waals surface area contributed by atoms with Gasteiger partial charge in [-0.3, -0.25) is 0 Å². The molecule has 0 saturated heterocycles. The minimum Gasteiger partial charge on any atom is -0.207 e. The first-order valence-electron chi connectivity index (χ1n) is 4.66. The van der Waals surface area contributed by atoms with Crippen LogP contribution >= 0.6 is 15.9 Å². The first-order valence-corrected chi connectivity index (χ1v) is 5.78. The van der Waals surface area contributed by atoms with Crippen molar-refractivity contribution in [3.05, 3.63) is 35.4 Å². The molecular formula is C11H13BrF2. The van der Waals surface area contributed by atoms with Gasteiger partial charge >= 0.3 is 0 Å². The van der Waals surface area contributed by atoms with Crippen LogP contribution in [0.3, 0.4) is 0 Å². The van der Waals surface area contributed by atoms with Crippen molar-refractivity contribution in [2.45, 2.75) is 19.8 Å². The lowest BCUT2D eigenvalue weighted by molar-refractivity contribution is 0.552. The van der Waals surface area contributed by atoms with Gasteiger partial charge in [0.1, 0.15) is 11.6 Å². The number of hydrogen-bond donors (Lipinski definition) is 0. The molecule has 78 valence electrons. The summed E-state index contributed by atoms with van der Waals surface area (Å²) in [6.07, 6.45) is 1.72. The van der Waals surface area contributed by atoms with Gasteiger partial charge in [-0.05, 0) is 30.0 Å². The van der Waals surface area contributed by atoms with E-state index in [0.29, 0.717) is 5.92 Å². The van der Waals surface area contributed by atoms with Gasteiger partial charge in [0.05, 0.1) is 0 Å². The summed E-state index contributed by atoms with van der Waals surface area (Å²) in [5, 5.41) is 0.863. The summed E-state index contributed by atoms with van der Waals surface area (Å²) in [7, 11) is 0. The van der Waals surface area contributed by atoms with Gasteiger partial charge in [-0.15, -0.1) is 0 Å². The van der Waals surface area contributed by atoms with Gasteiger partial charge in [0.15, 0.2) is 0 Å². The van der Waals surface area contributed by atoms with Gasteiger partial charge in [0, 0.05) is 11.4 Å². The summed E-state index contributed by atoms with van der Waals surface area (Å²) >= 11 is 3.38. The van der Waals surface area contributed by atoms with Gasteiger partial charge in [-0.2, -0.15) is 0 Å². The van der Waals surface area contributed by atoms with E-state index in [2.05, 4.69) is 22.9 Å². The highest BCUT2D eigenvalue weighted by Crippen LogP contribution is 2.16. The molecule has 0 heterocycles. The van der Waals surface area contributed by atoms with E-state index in [9.17, 15) is 8.78 Å². The van der Waals surface area contributed by atoms with Crippen LogP contribution in [0.1, 0.15) is 18.9 Å². The monoisotopic (exact) mass is 262 g/mol. The molecule has 1 aromatic rings. The molecule has 0 aromatic heterocycles. The maximum absolute atomic E-state index is 12.8. The molecule has 0 radical (unpaired) electrons.